The van der Waals surface area contributed by atoms with Crippen molar-refractivity contribution in [3.63, 3.8) is 0 Å². The second-order valence-electron chi connectivity index (χ2n) is 6.57. The van der Waals surface area contributed by atoms with E-state index in [0.29, 0.717) is 16.2 Å². The molecule has 4 amide bonds. The van der Waals surface area contributed by atoms with E-state index >= 15 is 0 Å². The van der Waals surface area contributed by atoms with Crippen molar-refractivity contribution in [1.29, 1.82) is 0 Å². The molecular weight excluding hydrogens is 428 g/mol. The number of carbonyl (C=O) groups is 4. The lowest BCUT2D eigenvalue weighted by Gasteiger charge is -2.26. The zero-order chi connectivity index (χ0) is 22.7. The number of anilines is 1. The highest BCUT2D eigenvalue weighted by molar-refractivity contribution is 7.14. The Kier molecular flexibility index (Phi) is 6.51. The number of hydrogen-bond donors (Lipinski definition) is 3. The van der Waals surface area contributed by atoms with Gasteiger partial charge in [0, 0.05) is 5.38 Å². The average Bonchev–Trinajstić information content (AvgIpc) is 3.33. The predicted octanol–water partition coefficient (Wildman–Crippen LogP) is 0.919. The third kappa shape index (κ3) is 4.49. The van der Waals surface area contributed by atoms with Crippen LogP contribution in [0.1, 0.15) is 29.0 Å². The number of nitrogens with one attached hydrogen (secondary N) is 2. The minimum absolute atomic E-state index is 0.00837. The number of carbonyl (C=O) groups excluding carboxylic acids is 4. The maximum absolute atomic E-state index is 13.0. The quantitative estimate of drug-likeness (QED) is 0.418. The van der Waals surface area contributed by atoms with Crippen molar-refractivity contribution in [3.05, 3.63) is 40.9 Å². The lowest BCUT2D eigenvalue weighted by Crippen LogP contribution is -2.53. The third-order valence-electron chi connectivity index (χ3n) is 4.55. The molecule has 3 rings (SSSR count). The fourth-order valence-corrected chi connectivity index (χ4v) is 3.72. The Morgan fingerprint density at radius 2 is 1.94 bits per heavy atom. The van der Waals surface area contributed by atoms with Crippen molar-refractivity contribution in [1.82, 2.24) is 15.2 Å². The zero-order valence-electron chi connectivity index (χ0n) is 16.8. The molecule has 1 aromatic heterocycles. The van der Waals surface area contributed by atoms with Gasteiger partial charge < -0.3 is 25.2 Å². The maximum atomic E-state index is 13.0. The minimum Gasteiger partial charge on any atom is -0.497 e. The van der Waals surface area contributed by atoms with Crippen LogP contribution in [0.15, 0.2) is 29.6 Å². The lowest BCUT2D eigenvalue weighted by molar-refractivity contribution is -0.137. The Hall–Kier alpha value is -3.51. The molecule has 1 aliphatic rings. The highest BCUT2D eigenvalue weighted by atomic mass is 32.1. The van der Waals surface area contributed by atoms with Crippen LogP contribution in [0.5, 0.6) is 5.75 Å². The number of aliphatic hydroxyl groups excluding tert-OH is 1. The molecule has 12 heteroatoms. The number of hydrogen-bond acceptors (Lipinski definition) is 9. The van der Waals surface area contributed by atoms with E-state index < -0.39 is 42.0 Å². The number of urea groups is 1. The van der Waals surface area contributed by atoms with E-state index in [1.165, 1.54) is 26.5 Å². The number of aliphatic hydroxyl groups is 1. The summed E-state index contributed by atoms with van der Waals surface area (Å²) in [4.78, 5) is 54.4. The SMILES string of the molecule is COC(=O)c1csc(NC(=O)C(C(C)O)N2C(=O)N[C@H](c3ccc(OC)cc3)C2=O)n1. The number of thiazole rings is 1. The Labute approximate surface area is 181 Å². The highest BCUT2D eigenvalue weighted by Gasteiger charge is 2.47. The van der Waals surface area contributed by atoms with Crippen LogP contribution in [-0.4, -0.2) is 65.2 Å². The molecule has 1 fully saturated rings. The Bertz CT molecular complexity index is 1000. The van der Waals surface area contributed by atoms with Crippen molar-refractivity contribution in [2.45, 2.75) is 25.1 Å². The lowest BCUT2D eigenvalue weighted by atomic mass is 10.1. The smallest absolute Gasteiger partial charge is 0.357 e. The average molecular weight is 448 g/mol. The molecule has 164 valence electrons. The van der Waals surface area contributed by atoms with Crippen LogP contribution < -0.4 is 15.4 Å². The summed E-state index contributed by atoms with van der Waals surface area (Å²) in [6.07, 6.45) is -1.37. The van der Waals surface area contributed by atoms with Gasteiger partial charge >= 0.3 is 12.0 Å². The number of nitrogens with zero attached hydrogens (tertiary/aromatic N) is 2. The monoisotopic (exact) mass is 448 g/mol. The summed E-state index contributed by atoms with van der Waals surface area (Å²) < 4.78 is 9.64. The molecule has 3 atom stereocenters. The summed E-state index contributed by atoms with van der Waals surface area (Å²) >= 11 is 0.954. The van der Waals surface area contributed by atoms with Gasteiger partial charge in [-0.05, 0) is 24.6 Å². The van der Waals surface area contributed by atoms with E-state index in [4.69, 9.17) is 4.74 Å². The molecule has 31 heavy (non-hydrogen) atoms. The molecule has 1 aromatic carbocycles. The fourth-order valence-electron chi connectivity index (χ4n) is 3.04. The van der Waals surface area contributed by atoms with Gasteiger partial charge in [-0.15, -0.1) is 11.3 Å². The van der Waals surface area contributed by atoms with Crippen LogP contribution in [0.3, 0.4) is 0 Å². The van der Waals surface area contributed by atoms with Gasteiger partial charge in [0.2, 0.25) is 0 Å². The molecule has 2 aromatic rings. The summed E-state index contributed by atoms with van der Waals surface area (Å²) in [5.41, 5.74) is 0.486. The second-order valence-corrected chi connectivity index (χ2v) is 7.43. The number of methoxy groups -OCH3 is 2. The maximum Gasteiger partial charge on any atom is 0.357 e. The van der Waals surface area contributed by atoms with E-state index in [0.717, 1.165) is 11.3 Å². The first-order chi connectivity index (χ1) is 14.8. The van der Waals surface area contributed by atoms with Gasteiger partial charge in [0.1, 0.15) is 17.8 Å². The number of ether oxygens (including phenoxy) is 2. The van der Waals surface area contributed by atoms with E-state index in [-0.39, 0.29) is 10.8 Å². The van der Waals surface area contributed by atoms with Crippen LogP contribution in [0.2, 0.25) is 0 Å². The van der Waals surface area contributed by atoms with Gasteiger partial charge in [-0.3, -0.25) is 9.59 Å². The minimum atomic E-state index is -1.51. The van der Waals surface area contributed by atoms with Crippen LogP contribution in [0.25, 0.3) is 0 Å². The van der Waals surface area contributed by atoms with Crippen molar-refractivity contribution >= 4 is 40.3 Å². The van der Waals surface area contributed by atoms with Crippen LogP contribution in [0.4, 0.5) is 9.93 Å². The molecule has 11 nitrogen and oxygen atoms in total. The van der Waals surface area contributed by atoms with Gasteiger partial charge in [0.05, 0.1) is 20.3 Å². The zero-order valence-corrected chi connectivity index (χ0v) is 17.6. The van der Waals surface area contributed by atoms with Crippen molar-refractivity contribution in [2.75, 3.05) is 19.5 Å². The molecule has 1 aliphatic heterocycles. The first-order valence-corrected chi connectivity index (χ1v) is 9.95. The first kappa shape index (κ1) is 22.2. The Balaban J connectivity index is 1.80. The second kappa shape index (κ2) is 9.10. The van der Waals surface area contributed by atoms with Crippen molar-refractivity contribution < 1.29 is 33.8 Å². The number of imide groups is 1. The van der Waals surface area contributed by atoms with Gasteiger partial charge in [0.25, 0.3) is 11.8 Å². The largest absolute Gasteiger partial charge is 0.497 e. The van der Waals surface area contributed by atoms with E-state index in [9.17, 15) is 24.3 Å². The fraction of sp³-hybridized carbons (Fsp3) is 0.316. The topological polar surface area (TPSA) is 147 Å². The first-order valence-electron chi connectivity index (χ1n) is 9.07. The molecule has 3 N–H and O–H groups in total. The highest BCUT2D eigenvalue weighted by Crippen LogP contribution is 2.27. The molecular formula is C19H20N4O7S. The third-order valence-corrected chi connectivity index (χ3v) is 5.31. The number of aromatic nitrogens is 1. The van der Waals surface area contributed by atoms with E-state index in [1.54, 1.807) is 24.3 Å². The molecule has 1 saturated heterocycles. The summed E-state index contributed by atoms with van der Waals surface area (Å²) in [5.74, 6) is -1.63. The summed E-state index contributed by atoms with van der Waals surface area (Å²) in [7, 11) is 2.70. The van der Waals surface area contributed by atoms with Crippen LogP contribution >= 0.6 is 11.3 Å². The molecule has 0 aliphatic carbocycles. The van der Waals surface area contributed by atoms with E-state index in [2.05, 4.69) is 20.4 Å². The van der Waals surface area contributed by atoms with Gasteiger partial charge in [-0.2, -0.15) is 0 Å². The summed E-state index contributed by atoms with van der Waals surface area (Å²) in [5, 5.41) is 16.5. The molecule has 0 spiro atoms. The molecule has 2 unspecified atom stereocenters. The molecule has 2 heterocycles. The Morgan fingerprint density at radius 3 is 2.52 bits per heavy atom. The number of amides is 4. The van der Waals surface area contributed by atoms with E-state index in [1.807, 2.05) is 0 Å². The molecule has 0 bridgehead atoms. The molecule has 0 radical (unpaired) electrons. The van der Waals surface area contributed by atoms with Crippen molar-refractivity contribution in [3.8, 4) is 5.75 Å². The number of benzene rings is 1. The number of rotatable bonds is 7. The Morgan fingerprint density at radius 1 is 1.26 bits per heavy atom. The van der Waals surface area contributed by atoms with Crippen LogP contribution in [0, 0.1) is 0 Å². The van der Waals surface area contributed by atoms with Gasteiger partial charge in [-0.25, -0.2) is 19.5 Å². The van der Waals surface area contributed by atoms with Gasteiger partial charge in [-0.1, -0.05) is 12.1 Å². The van der Waals surface area contributed by atoms with Crippen molar-refractivity contribution in [2.24, 2.45) is 0 Å². The summed E-state index contributed by atoms with van der Waals surface area (Å²) in [6, 6.07) is 3.16. The number of esters is 1. The summed E-state index contributed by atoms with van der Waals surface area (Å²) in [6.45, 7) is 1.28. The molecule has 0 saturated carbocycles. The normalized spacial score (nSPS) is 17.7. The van der Waals surface area contributed by atoms with Gasteiger partial charge in [0.15, 0.2) is 10.8 Å². The predicted molar refractivity (Wildman–Crippen MR) is 109 cm³/mol. The standard InChI is InChI=1S/C19H20N4O7S/c1-9(24)14(15(25)22-18-20-12(8-31-18)17(27)30-3)23-16(26)13(21-19(23)28)10-4-6-11(29-2)7-5-10/h4-9,13-14,24H,1-3H3,(H,21,28)(H,20,22,25)/t9?,13-,14?/m1/s1. The van der Waals surface area contributed by atoms with Crippen LogP contribution in [-0.2, 0) is 14.3 Å².